The predicted octanol–water partition coefficient (Wildman–Crippen LogP) is 1.19. The van der Waals surface area contributed by atoms with Crippen LogP contribution in [-0.2, 0) is 10.8 Å². The van der Waals surface area contributed by atoms with E-state index in [1.807, 2.05) is 19.0 Å². The van der Waals surface area contributed by atoms with Gasteiger partial charge in [0, 0.05) is 17.2 Å². The first-order valence-electron chi connectivity index (χ1n) is 4.97. The van der Waals surface area contributed by atoms with Gasteiger partial charge in [-0.3, -0.25) is 4.21 Å². The van der Waals surface area contributed by atoms with E-state index in [9.17, 15) is 13.4 Å². The molecule has 1 aromatic carbocycles. The second kappa shape index (κ2) is 5.88. The average molecular weight is 259 g/mol. The molecular formula is C11H14FNO3S. The molecule has 0 aliphatic heterocycles. The van der Waals surface area contributed by atoms with Gasteiger partial charge in [0.1, 0.15) is 5.82 Å². The standard InChI is InChI=1S/C11H14FNO3S/c1-13(2)5-6-17(16)8-3-4-10(12)9(7-8)11(14)15/h3-4,7H,5-6H2,1-2H3,(H,14,15). The molecular weight excluding hydrogens is 245 g/mol. The third-order valence-corrected chi connectivity index (χ3v) is 3.49. The summed E-state index contributed by atoms with van der Waals surface area (Å²) in [5.74, 6) is -1.78. The Morgan fingerprint density at radius 1 is 1.47 bits per heavy atom. The zero-order chi connectivity index (χ0) is 13.0. The van der Waals surface area contributed by atoms with Crippen molar-refractivity contribution in [3.8, 4) is 0 Å². The van der Waals surface area contributed by atoms with Crippen molar-refractivity contribution in [3.63, 3.8) is 0 Å². The highest BCUT2D eigenvalue weighted by molar-refractivity contribution is 7.85. The first-order chi connectivity index (χ1) is 7.91. The summed E-state index contributed by atoms with van der Waals surface area (Å²) in [7, 11) is 2.39. The van der Waals surface area contributed by atoms with Crippen molar-refractivity contribution >= 4 is 16.8 Å². The molecule has 0 saturated carbocycles. The van der Waals surface area contributed by atoms with Gasteiger partial charge in [-0.25, -0.2) is 9.18 Å². The van der Waals surface area contributed by atoms with E-state index in [4.69, 9.17) is 5.11 Å². The largest absolute Gasteiger partial charge is 0.478 e. The molecule has 0 bridgehead atoms. The van der Waals surface area contributed by atoms with Gasteiger partial charge in [0.15, 0.2) is 0 Å². The van der Waals surface area contributed by atoms with Crippen LogP contribution in [-0.4, -0.2) is 46.6 Å². The molecule has 1 rings (SSSR count). The van der Waals surface area contributed by atoms with E-state index in [0.29, 0.717) is 17.2 Å². The molecule has 1 atom stereocenters. The molecule has 0 saturated heterocycles. The van der Waals surface area contributed by atoms with Gasteiger partial charge in [-0.05, 0) is 32.3 Å². The lowest BCUT2D eigenvalue weighted by atomic mass is 10.2. The maximum absolute atomic E-state index is 13.1. The maximum atomic E-state index is 13.1. The number of carbonyl (C=O) groups is 1. The molecule has 0 fully saturated rings. The molecule has 94 valence electrons. The highest BCUT2D eigenvalue weighted by Crippen LogP contribution is 2.14. The van der Waals surface area contributed by atoms with Gasteiger partial charge >= 0.3 is 5.97 Å². The number of nitrogens with zero attached hydrogens (tertiary/aromatic N) is 1. The Labute approximate surface area is 102 Å². The molecule has 0 radical (unpaired) electrons. The van der Waals surface area contributed by atoms with E-state index in [2.05, 4.69) is 0 Å². The Kier molecular flexibility index (Phi) is 4.77. The van der Waals surface area contributed by atoms with E-state index in [1.54, 1.807) is 0 Å². The van der Waals surface area contributed by atoms with Gasteiger partial charge in [-0.2, -0.15) is 0 Å². The van der Waals surface area contributed by atoms with Crippen LogP contribution in [0.3, 0.4) is 0 Å². The van der Waals surface area contributed by atoms with Crippen molar-refractivity contribution in [2.75, 3.05) is 26.4 Å². The summed E-state index contributed by atoms with van der Waals surface area (Å²) in [6.07, 6.45) is 0. The van der Waals surface area contributed by atoms with Gasteiger partial charge in [-0.1, -0.05) is 0 Å². The van der Waals surface area contributed by atoms with E-state index in [-0.39, 0.29) is 0 Å². The average Bonchev–Trinajstić information content (AvgIpc) is 2.26. The summed E-state index contributed by atoms with van der Waals surface area (Å²) in [6.45, 7) is 0.617. The molecule has 6 heteroatoms. The summed E-state index contributed by atoms with van der Waals surface area (Å²) in [5.41, 5.74) is -0.444. The zero-order valence-electron chi connectivity index (χ0n) is 9.64. The molecule has 17 heavy (non-hydrogen) atoms. The Bertz CT molecular complexity index is 448. The highest BCUT2D eigenvalue weighted by atomic mass is 32.2. The molecule has 0 spiro atoms. The fraction of sp³-hybridized carbons (Fsp3) is 0.364. The Morgan fingerprint density at radius 2 is 2.12 bits per heavy atom. The number of halogens is 1. The number of carboxylic acids is 1. The Morgan fingerprint density at radius 3 is 2.65 bits per heavy atom. The van der Waals surface area contributed by atoms with Gasteiger partial charge in [0.2, 0.25) is 0 Å². The fourth-order valence-corrected chi connectivity index (χ4v) is 2.43. The Hall–Kier alpha value is -1.27. The van der Waals surface area contributed by atoms with Crippen LogP contribution < -0.4 is 0 Å². The van der Waals surface area contributed by atoms with Gasteiger partial charge < -0.3 is 10.0 Å². The first-order valence-corrected chi connectivity index (χ1v) is 6.29. The van der Waals surface area contributed by atoms with E-state index in [1.165, 1.54) is 6.07 Å². The summed E-state index contributed by atoms with van der Waals surface area (Å²) in [6, 6.07) is 3.52. The number of aromatic carboxylic acids is 1. The van der Waals surface area contributed by atoms with Crippen LogP contribution in [0.5, 0.6) is 0 Å². The minimum atomic E-state index is -1.35. The van der Waals surface area contributed by atoms with Crippen LogP contribution >= 0.6 is 0 Å². The minimum absolute atomic E-state index is 0.339. The lowest BCUT2D eigenvalue weighted by molar-refractivity contribution is 0.0691. The molecule has 0 aliphatic rings. The smallest absolute Gasteiger partial charge is 0.338 e. The topological polar surface area (TPSA) is 57.6 Å². The summed E-state index contributed by atoms with van der Waals surface area (Å²) in [5, 5.41) is 8.74. The number of carboxylic acid groups (broad SMARTS) is 1. The third-order valence-electron chi connectivity index (χ3n) is 2.16. The lowest BCUT2D eigenvalue weighted by Crippen LogP contribution is -2.19. The van der Waals surface area contributed by atoms with Gasteiger partial charge in [-0.15, -0.1) is 0 Å². The van der Waals surface area contributed by atoms with Gasteiger partial charge in [0.25, 0.3) is 0 Å². The highest BCUT2D eigenvalue weighted by Gasteiger charge is 2.13. The molecule has 0 aromatic heterocycles. The van der Waals surface area contributed by atoms with Crippen molar-refractivity contribution in [3.05, 3.63) is 29.6 Å². The van der Waals surface area contributed by atoms with Crippen LogP contribution in [0.4, 0.5) is 4.39 Å². The molecule has 4 nitrogen and oxygen atoms in total. The molecule has 1 unspecified atom stereocenters. The molecule has 1 aromatic rings. The first kappa shape index (κ1) is 13.8. The van der Waals surface area contributed by atoms with E-state index in [0.717, 1.165) is 12.1 Å². The summed E-state index contributed by atoms with van der Waals surface area (Å²) in [4.78, 5) is 12.9. The third kappa shape index (κ3) is 3.90. The fourth-order valence-electron chi connectivity index (χ4n) is 1.19. The second-order valence-electron chi connectivity index (χ2n) is 3.80. The van der Waals surface area contributed by atoms with Crippen molar-refractivity contribution in [1.29, 1.82) is 0 Å². The van der Waals surface area contributed by atoms with Crippen LogP contribution in [0.2, 0.25) is 0 Å². The number of benzene rings is 1. The normalized spacial score (nSPS) is 12.7. The van der Waals surface area contributed by atoms with Crippen molar-refractivity contribution in [2.24, 2.45) is 0 Å². The monoisotopic (exact) mass is 259 g/mol. The molecule has 0 aliphatic carbocycles. The molecule has 1 N–H and O–H groups in total. The van der Waals surface area contributed by atoms with Crippen LogP contribution in [0.1, 0.15) is 10.4 Å². The lowest BCUT2D eigenvalue weighted by Gasteiger charge is -2.09. The van der Waals surface area contributed by atoms with Gasteiger partial charge in [0.05, 0.1) is 16.4 Å². The van der Waals surface area contributed by atoms with Crippen LogP contribution in [0, 0.1) is 5.82 Å². The number of rotatable bonds is 5. The van der Waals surface area contributed by atoms with Crippen molar-refractivity contribution in [2.45, 2.75) is 4.90 Å². The summed E-state index contributed by atoms with van der Waals surface area (Å²) >= 11 is 0. The number of hydrogen-bond donors (Lipinski definition) is 1. The SMILES string of the molecule is CN(C)CCS(=O)c1ccc(F)c(C(=O)O)c1. The Balaban J connectivity index is 2.88. The van der Waals surface area contributed by atoms with Crippen LogP contribution in [0.15, 0.2) is 23.1 Å². The van der Waals surface area contributed by atoms with Crippen LogP contribution in [0.25, 0.3) is 0 Å². The number of hydrogen-bond acceptors (Lipinski definition) is 3. The maximum Gasteiger partial charge on any atom is 0.338 e. The quantitative estimate of drug-likeness (QED) is 0.863. The second-order valence-corrected chi connectivity index (χ2v) is 5.37. The van der Waals surface area contributed by atoms with Crippen molar-refractivity contribution < 1.29 is 18.5 Å². The van der Waals surface area contributed by atoms with Crippen molar-refractivity contribution in [1.82, 2.24) is 4.90 Å². The zero-order valence-corrected chi connectivity index (χ0v) is 10.5. The minimum Gasteiger partial charge on any atom is -0.478 e. The van der Waals surface area contributed by atoms with E-state index >= 15 is 0 Å². The van der Waals surface area contributed by atoms with E-state index < -0.39 is 28.1 Å². The molecule has 0 amide bonds. The predicted molar refractivity (Wildman–Crippen MR) is 63.2 cm³/mol. The molecule has 0 heterocycles. The summed E-state index contributed by atoms with van der Waals surface area (Å²) < 4.78 is 24.9.